The molecule has 0 aliphatic carbocycles. The number of carbonyl (C=O) groups is 1. The molecule has 1 aliphatic rings. The fraction of sp³-hybridized carbons (Fsp3) is 0.200. The lowest BCUT2D eigenvalue weighted by molar-refractivity contribution is 0.0711. The number of rotatable bonds is 4. The van der Waals surface area contributed by atoms with E-state index in [0.717, 1.165) is 42.3 Å². The lowest BCUT2D eigenvalue weighted by atomic mass is 10.00. The molecule has 0 saturated carbocycles. The summed E-state index contributed by atoms with van der Waals surface area (Å²) in [4.78, 5) is 20.1. The molecule has 0 radical (unpaired) electrons. The summed E-state index contributed by atoms with van der Waals surface area (Å²) < 4.78 is 0. The summed E-state index contributed by atoms with van der Waals surface area (Å²) in [6.45, 7) is 2.78. The molecule has 1 aromatic carbocycles. The highest BCUT2D eigenvalue weighted by Gasteiger charge is 2.17. The van der Waals surface area contributed by atoms with Crippen LogP contribution in [0, 0.1) is 0 Å². The molecular weight excluding hydrogens is 346 g/mol. The number of nitrogens with one attached hydrogen (secondary N) is 1. The van der Waals surface area contributed by atoms with E-state index >= 15 is 0 Å². The van der Waals surface area contributed by atoms with Gasteiger partial charge in [0, 0.05) is 19.6 Å². The van der Waals surface area contributed by atoms with Crippen molar-refractivity contribution in [1.82, 2.24) is 15.4 Å². The first-order valence-corrected chi connectivity index (χ1v) is 9.34. The van der Waals surface area contributed by atoms with E-state index in [4.69, 9.17) is 10.2 Å². The third-order valence-corrected chi connectivity index (χ3v) is 5.69. The Bertz CT molecular complexity index is 938. The molecule has 5 nitrogen and oxygen atoms in total. The molecule has 3 aromatic rings. The minimum Gasteiger partial charge on any atom is -0.293 e. The molecule has 3 heterocycles. The summed E-state index contributed by atoms with van der Waals surface area (Å²) in [5.41, 5.74) is 6.37. The first-order valence-electron chi connectivity index (χ1n) is 8.52. The number of fused-ring (bicyclic) bond motifs is 1. The lowest BCUT2D eigenvalue weighted by Crippen LogP contribution is -2.30. The van der Waals surface area contributed by atoms with Crippen LogP contribution in [0.5, 0.6) is 0 Å². The van der Waals surface area contributed by atoms with E-state index in [1.165, 1.54) is 22.5 Å². The summed E-state index contributed by atoms with van der Waals surface area (Å²) in [6.07, 6.45) is 1.07. The van der Waals surface area contributed by atoms with Gasteiger partial charge in [0.1, 0.15) is 0 Å². The number of pyridine rings is 1. The number of amides is 1. The normalized spacial score (nSPS) is 14.0. The quantitative estimate of drug-likeness (QED) is 0.549. The summed E-state index contributed by atoms with van der Waals surface area (Å²) in [5.74, 6) is -0.496. The van der Waals surface area contributed by atoms with Crippen LogP contribution >= 0.6 is 11.3 Å². The van der Waals surface area contributed by atoms with Crippen LogP contribution in [0.4, 0.5) is 0 Å². The number of aromatic nitrogens is 1. The standard InChI is InChI=1S/C20H19N3O2S/c24-20(22-25)19-9-8-18(26-19)17-7-3-6-16(21-17)13-23-11-10-14-4-1-2-5-15(14)12-23/h1-9,25H,10-13H2,(H,22,24). The predicted molar refractivity (Wildman–Crippen MR) is 101 cm³/mol. The predicted octanol–water partition coefficient (Wildman–Crippen LogP) is 3.49. The number of nitrogens with zero attached hydrogens (tertiary/aromatic N) is 2. The summed E-state index contributed by atoms with van der Waals surface area (Å²) in [5, 5.41) is 8.75. The summed E-state index contributed by atoms with van der Waals surface area (Å²) >= 11 is 1.32. The van der Waals surface area contributed by atoms with E-state index in [9.17, 15) is 4.79 Å². The van der Waals surface area contributed by atoms with Crippen LogP contribution < -0.4 is 5.48 Å². The van der Waals surface area contributed by atoms with Gasteiger partial charge in [-0.25, -0.2) is 5.48 Å². The lowest BCUT2D eigenvalue weighted by Gasteiger charge is -2.28. The van der Waals surface area contributed by atoms with Gasteiger partial charge in [-0.2, -0.15) is 0 Å². The molecule has 4 rings (SSSR count). The van der Waals surface area contributed by atoms with Crippen molar-refractivity contribution in [2.75, 3.05) is 6.54 Å². The van der Waals surface area contributed by atoms with Crippen LogP contribution in [0.1, 0.15) is 26.5 Å². The Labute approximate surface area is 155 Å². The molecule has 2 aromatic heterocycles. The molecule has 26 heavy (non-hydrogen) atoms. The Hall–Kier alpha value is -2.54. The average molecular weight is 365 g/mol. The van der Waals surface area contributed by atoms with Gasteiger partial charge in [0.25, 0.3) is 5.91 Å². The van der Waals surface area contributed by atoms with Crippen LogP contribution in [0.15, 0.2) is 54.6 Å². The molecule has 1 amide bonds. The minimum absolute atomic E-state index is 0.461. The maximum absolute atomic E-state index is 11.5. The van der Waals surface area contributed by atoms with E-state index in [0.29, 0.717) is 4.88 Å². The topological polar surface area (TPSA) is 65.5 Å². The van der Waals surface area contributed by atoms with Crippen LogP contribution in [0.2, 0.25) is 0 Å². The highest BCUT2D eigenvalue weighted by Crippen LogP contribution is 2.27. The maximum Gasteiger partial charge on any atom is 0.284 e. The third-order valence-electron chi connectivity index (χ3n) is 4.59. The van der Waals surface area contributed by atoms with Crippen molar-refractivity contribution in [1.29, 1.82) is 0 Å². The molecule has 6 heteroatoms. The number of hydroxylamine groups is 1. The van der Waals surface area contributed by atoms with Gasteiger partial charge in [0.2, 0.25) is 0 Å². The first kappa shape index (κ1) is 16.9. The summed E-state index contributed by atoms with van der Waals surface area (Å²) in [6, 6.07) is 18.2. The Balaban J connectivity index is 1.50. The molecule has 0 unspecified atom stereocenters. The van der Waals surface area contributed by atoms with Crippen molar-refractivity contribution in [3.05, 3.63) is 76.3 Å². The second-order valence-corrected chi connectivity index (χ2v) is 7.43. The fourth-order valence-electron chi connectivity index (χ4n) is 3.28. The fourth-order valence-corrected chi connectivity index (χ4v) is 4.14. The van der Waals surface area contributed by atoms with Gasteiger partial charge in [-0.1, -0.05) is 30.3 Å². The molecular formula is C20H19N3O2S. The van der Waals surface area contributed by atoms with Crippen LogP contribution in [0.25, 0.3) is 10.6 Å². The maximum atomic E-state index is 11.5. The van der Waals surface area contributed by atoms with Gasteiger partial charge in [0.05, 0.1) is 21.1 Å². The largest absolute Gasteiger partial charge is 0.293 e. The van der Waals surface area contributed by atoms with Crippen molar-refractivity contribution in [3.8, 4) is 10.6 Å². The molecule has 0 saturated heterocycles. The van der Waals surface area contributed by atoms with Gasteiger partial charge >= 0.3 is 0 Å². The highest BCUT2D eigenvalue weighted by molar-refractivity contribution is 7.17. The minimum atomic E-state index is -0.496. The molecule has 132 valence electrons. The van der Waals surface area contributed by atoms with Crippen molar-refractivity contribution in [2.24, 2.45) is 0 Å². The Morgan fingerprint density at radius 1 is 1.12 bits per heavy atom. The average Bonchev–Trinajstić information content (AvgIpc) is 3.18. The Morgan fingerprint density at radius 3 is 2.81 bits per heavy atom. The molecule has 0 bridgehead atoms. The number of hydrogen-bond acceptors (Lipinski definition) is 5. The molecule has 0 fully saturated rings. The first-order chi connectivity index (χ1) is 12.7. The smallest absolute Gasteiger partial charge is 0.284 e. The second-order valence-electron chi connectivity index (χ2n) is 6.35. The van der Waals surface area contributed by atoms with Crippen LogP contribution in [0.3, 0.4) is 0 Å². The molecule has 1 aliphatic heterocycles. The van der Waals surface area contributed by atoms with E-state index in [1.54, 1.807) is 11.5 Å². The van der Waals surface area contributed by atoms with E-state index in [2.05, 4.69) is 29.2 Å². The van der Waals surface area contributed by atoms with Crippen LogP contribution in [-0.2, 0) is 19.5 Å². The van der Waals surface area contributed by atoms with Crippen molar-refractivity contribution in [2.45, 2.75) is 19.5 Å². The Kier molecular flexibility index (Phi) is 4.79. The van der Waals surface area contributed by atoms with Crippen LogP contribution in [-0.4, -0.2) is 27.5 Å². The molecule has 0 atom stereocenters. The Morgan fingerprint density at radius 2 is 1.96 bits per heavy atom. The number of thiophene rings is 1. The highest BCUT2D eigenvalue weighted by atomic mass is 32.1. The zero-order valence-electron chi connectivity index (χ0n) is 14.2. The zero-order valence-corrected chi connectivity index (χ0v) is 15.0. The second kappa shape index (κ2) is 7.37. The van der Waals surface area contributed by atoms with Gasteiger partial charge in [-0.3, -0.25) is 19.9 Å². The van der Waals surface area contributed by atoms with Crippen molar-refractivity contribution >= 4 is 17.2 Å². The number of hydrogen-bond donors (Lipinski definition) is 2. The SMILES string of the molecule is O=C(NO)c1ccc(-c2cccc(CN3CCc4ccccc4C3)n2)s1. The van der Waals surface area contributed by atoms with Crippen molar-refractivity contribution in [3.63, 3.8) is 0 Å². The monoisotopic (exact) mass is 365 g/mol. The molecule has 0 spiro atoms. The molecule has 2 N–H and O–H groups in total. The summed E-state index contributed by atoms with van der Waals surface area (Å²) in [7, 11) is 0. The van der Waals surface area contributed by atoms with Gasteiger partial charge in [0.15, 0.2) is 0 Å². The zero-order chi connectivity index (χ0) is 17.9. The number of benzene rings is 1. The van der Waals surface area contributed by atoms with Gasteiger partial charge in [-0.05, 0) is 41.8 Å². The van der Waals surface area contributed by atoms with Crippen molar-refractivity contribution < 1.29 is 10.0 Å². The van der Waals surface area contributed by atoms with E-state index in [-0.39, 0.29) is 0 Å². The van der Waals surface area contributed by atoms with Gasteiger partial charge in [-0.15, -0.1) is 11.3 Å². The van der Waals surface area contributed by atoms with E-state index < -0.39 is 5.91 Å². The third kappa shape index (κ3) is 3.53. The van der Waals surface area contributed by atoms with E-state index in [1.807, 2.05) is 24.3 Å². The number of carbonyl (C=O) groups excluding carboxylic acids is 1. The van der Waals surface area contributed by atoms with Gasteiger partial charge < -0.3 is 0 Å².